The maximum Gasteiger partial charge on any atom is 0.0456 e. The molecule has 0 atom stereocenters. The normalized spacial score (nSPS) is 11.1. The molecule has 0 spiro atoms. The molecule has 4 N–H and O–H groups in total. The number of aromatic amines is 1. The average Bonchev–Trinajstić information content (AvgIpc) is 2.67. The van der Waals surface area contributed by atoms with Gasteiger partial charge in [0, 0.05) is 29.7 Å². The summed E-state index contributed by atoms with van der Waals surface area (Å²) in [5.41, 5.74) is 9.19. The van der Waals surface area contributed by atoms with E-state index in [1.54, 1.807) is 0 Å². The van der Waals surface area contributed by atoms with E-state index in [1.807, 2.05) is 0 Å². The maximum atomic E-state index is 5.61. The quantitative estimate of drug-likeness (QED) is 0.709. The second-order valence-corrected chi connectivity index (χ2v) is 3.70. The number of nitrogens with one attached hydrogen (secondary N) is 2. The molecule has 0 aliphatic rings. The van der Waals surface area contributed by atoms with Gasteiger partial charge in [0.15, 0.2) is 0 Å². The number of fused-ring (bicyclic) bond motifs is 1. The monoisotopic (exact) mass is 203 g/mol. The molecule has 3 nitrogen and oxygen atoms in total. The van der Waals surface area contributed by atoms with Gasteiger partial charge in [0.05, 0.1) is 0 Å². The number of nitrogens with two attached hydrogens (primary N) is 1. The number of aromatic nitrogens is 1. The SMILES string of the molecule is CCNCc1cc2cc(CN)ccc2[nH]1. The fourth-order valence-corrected chi connectivity index (χ4v) is 1.72. The molecule has 0 aliphatic heterocycles. The molecule has 0 saturated carbocycles. The third kappa shape index (κ3) is 2.19. The highest BCUT2D eigenvalue weighted by Gasteiger charge is 2.00. The van der Waals surface area contributed by atoms with Crippen molar-refractivity contribution in [2.45, 2.75) is 20.0 Å². The first kappa shape index (κ1) is 10.2. The largest absolute Gasteiger partial charge is 0.357 e. The van der Waals surface area contributed by atoms with Crippen LogP contribution in [0.2, 0.25) is 0 Å². The van der Waals surface area contributed by atoms with Crippen LogP contribution in [0.4, 0.5) is 0 Å². The Morgan fingerprint density at radius 3 is 2.93 bits per heavy atom. The van der Waals surface area contributed by atoms with Gasteiger partial charge in [0.1, 0.15) is 0 Å². The van der Waals surface area contributed by atoms with E-state index >= 15 is 0 Å². The Hall–Kier alpha value is -1.32. The Morgan fingerprint density at radius 2 is 2.20 bits per heavy atom. The lowest BCUT2D eigenvalue weighted by molar-refractivity contribution is 0.715. The summed E-state index contributed by atoms with van der Waals surface area (Å²) < 4.78 is 0. The Kier molecular flexibility index (Phi) is 3.04. The lowest BCUT2D eigenvalue weighted by Crippen LogP contribution is -2.11. The van der Waals surface area contributed by atoms with Crippen molar-refractivity contribution in [1.29, 1.82) is 0 Å². The molecular formula is C12H17N3. The summed E-state index contributed by atoms with van der Waals surface area (Å²) in [5, 5.41) is 4.54. The predicted molar refractivity (Wildman–Crippen MR) is 63.6 cm³/mol. The molecule has 1 aromatic carbocycles. The summed E-state index contributed by atoms with van der Waals surface area (Å²) in [6.45, 7) is 4.59. The zero-order chi connectivity index (χ0) is 10.7. The van der Waals surface area contributed by atoms with Gasteiger partial charge in [-0.25, -0.2) is 0 Å². The Labute approximate surface area is 89.7 Å². The van der Waals surface area contributed by atoms with Crippen LogP contribution in [0.15, 0.2) is 24.3 Å². The number of hydrogen-bond acceptors (Lipinski definition) is 2. The summed E-state index contributed by atoms with van der Waals surface area (Å²) in [7, 11) is 0. The van der Waals surface area contributed by atoms with Crippen molar-refractivity contribution in [3.63, 3.8) is 0 Å². The Morgan fingerprint density at radius 1 is 1.33 bits per heavy atom. The van der Waals surface area contributed by atoms with Gasteiger partial charge in [0.25, 0.3) is 0 Å². The van der Waals surface area contributed by atoms with Crippen LogP contribution in [0.3, 0.4) is 0 Å². The van der Waals surface area contributed by atoms with Crippen molar-refractivity contribution in [1.82, 2.24) is 10.3 Å². The number of rotatable bonds is 4. The fourth-order valence-electron chi connectivity index (χ4n) is 1.72. The van der Waals surface area contributed by atoms with Crippen LogP contribution in [0.5, 0.6) is 0 Å². The van der Waals surface area contributed by atoms with Gasteiger partial charge in [-0.3, -0.25) is 0 Å². The molecule has 15 heavy (non-hydrogen) atoms. The molecule has 3 heteroatoms. The second-order valence-electron chi connectivity index (χ2n) is 3.70. The number of hydrogen-bond donors (Lipinski definition) is 3. The number of H-pyrrole nitrogens is 1. The maximum absolute atomic E-state index is 5.61. The molecule has 1 aromatic heterocycles. The van der Waals surface area contributed by atoms with E-state index in [-0.39, 0.29) is 0 Å². The van der Waals surface area contributed by atoms with E-state index in [0.29, 0.717) is 6.54 Å². The smallest absolute Gasteiger partial charge is 0.0456 e. The second kappa shape index (κ2) is 4.47. The van der Waals surface area contributed by atoms with Gasteiger partial charge in [-0.15, -0.1) is 0 Å². The standard InChI is InChI=1S/C12H17N3/c1-2-14-8-11-6-10-5-9(7-13)3-4-12(10)15-11/h3-6,14-15H,2,7-8,13H2,1H3. The summed E-state index contributed by atoms with van der Waals surface area (Å²) in [6.07, 6.45) is 0. The summed E-state index contributed by atoms with van der Waals surface area (Å²) in [6, 6.07) is 8.47. The van der Waals surface area contributed by atoms with Crippen molar-refractivity contribution in [2.75, 3.05) is 6.54 Å². The first-order chi connectivity index (χ1) is 7.33. The minimum atomic E-state index is 0.601. The molecule has 0 unspecified atom stereocenters. The molecule has 0 aliphatic carbocycles. The lowest BCUT2D eigenvalue weighted by Gasteiger charge is -1.96. The molecule has 2 aromatic rings. The highest BCUT2D eigenvalue weighted by atomic mass is 14.9. The van der Waals surface area contributed by atoms with E-state index in [4.69, 9.17) is 5.73 Å². The molecular weight excluding hydrogens is 186 g/mol. The lowest BCUT2D eigenvalue weighted by atomic mass is 10.1. The van der Waals surface area contributed by atoms with Gasteiger partial charge < -0.3 is 16.0 Å². The molecule has 0 radical (unpaired) electrons. The predicted octanol–water partition coefficient (Wildman–Crippen LogP) is 1.74. The van der Waals surface area contributed by atoms with Gasteiger partial charge >= 0.3 is 0 Å². The van der Waals surface area contributed by atoms with Crippen LogP contribution in [-0.4, -0.2) is 11.5 Å². The Balaban J connectivity index is 2.29. The zero-order valence-electron chi connectivity index (χ0n) is 9.01. The van der Waals surface area contributed by atoms with Crippen LogP contribution in [0.1, 0.15) is 18.2 Å². The third-order valence-corrected chi connectivity index (χ3v) is 2.54. The third-order valence-electron chi connectivity index (χ3n) is 2.54. The minimum absolute atomic E-state index is 0.601. The van der Waals surface area contributed by atoms with E-state index in [2.05, 4.69) is 41.5 Å². The first-order valence-electron chi connectivity index (χ1n) is 5.34. The van der Waals surface area contributed by atoms with Crippen molar-refractivity contribution < 1.29 is 0 Å². The van der Waals surface area contributed by atoms with E-state index in [1.165, 1.54) is 22.2 Å². The van der Waals surface area contributed by atoms with Gasteiger partial charge in [-0.05, 0) is 30.3 Å². The summed E-state index contributed by atoms with van der Waals surface area (Å²) >= 11 is 0. The highest BCUT2D eigenvalue weighted by molar-refractivity contribution is 5.81. The van der Waals surface area contributed by atoms with Gasteiger partial charge in [-0.1, -0.05) is 13.0 Å². The molecule has 0 amide bonds. The van der Waals surface area contributed by atoms with Crippen LogP contribution >= 0.6 is 0 Å². The van der Waals surface area contributed by atoms with Crippen LogP contribution < -0.4 is 11.1 Å². The van der Waals surface area contributed by atoms with E-state index in [9.17, 15) is 0 Å². The van der Waals surface area contributed by atoms with Crippen LogP contribution in [0, 0.1) is 0 Å². The molecule has 80 valence electrons. The topological polar surface area (TPSA) is 53.8 Å². The number of benzene rings is 1. The van der Waals surface area contributed by atoms with Crippen molar-refractivity contribution in [3.8, 4) is 0 Å². The molecule has 0 bridgehead atoms. The molecule has 0 fully saturated rings. The summed E-state index contributed by atoms with van der Waals surface area (Å²) in [4.78, 5) is 3.38. The van der Waals surface area contributed by atoms with Crippen LogP contribution in [0.25, 0.3) is 10.9 Å². The molecule has 2 rings (SSSR count). The van der Waals surface area contributed by atoms with Gasteiger partial charge in [0.2, 0.25) is 0 Å². The van der Waals surface area contributed by atoms with Crippen molar-refractivity contribution in [3.05, 3.63) is 35.5 Å². The highest BCUT2D eigenvalue weighted by Crippen LogP contribution is 2.16. The minimum Gasteiger partial charge on any atom is -0.357 e. The fraction of sp³-hybridized carbons (Fsp3) is 0.333. The molecule has 1 heterocycles. The van der Waals surface area contributed by atoms with Crippen molar-refractivity contribution >= 4 is 10.9 Å². The van der Waals surface area contributed by atoms with E-state index in [0.717, 1.165) is 13.1 Å². The van der Waals surface area contributed by atoms with Gasteiger partial charge in [-0.2, -0.15) is 0 Å². The van der Waals surface area contributed by atoms with E-state index < -0.39 is 0 Å². The first-order valence-corrected chi connectivity index (χ1v) is 5.34. The zero-order valence-corrected chi connectivity index (χ0v) is 9.01. The Bertz CT molecular complexity index is 445. The average molecular weight is 203 g/mol. The van der Waals surface area contributed by atoms with Crippen LogP contribution in [-0.2, 0) is 13.1 Å². The summed E-state index contributed by atoms with van der Waals surface area (Å²) in [5.74, 6) is 0. The molecule has 0 saturated heterocycles. The van der Waals surface area contributed by atoms with Crippen molar-refractivity contribution in [2.24, 2.45) is 5.73 Å².